The summed E-state index contributed by atoms with van der Waals surface area (Å²) in [6.45, 7) is 4.10. The van der Waals surface area contributed by atoms with Crippen molar-refractivity contribution in [1.82, 2.24) is 10.6 Å². The first-order chi connectivity index (χ1) is 4.70. The van der Waals surface area contributed by atoms with Crippen LogP contribution in [0.4, 0.5) is 0 Å². The van der Waals surface area contributed by atoms with Crippen molar-refractivity contribution >= 4 is 6.21 Å². The highest BCUT2D eigenvalue weighted by Gasteiger charge is 1.92. The van der Waals surface area contributed by atoms with Crippen LogP contribution in [0, 0.1) is 5.41 Å². The Bertz CT molecular complexity index is 127. The van der Waals surface area contributed by atoms with Gasteiger partial charge in [0.15, 0.2) is 0 Å². The highest BCUT2D eigenvalue weighted by molar-refractivity contribution is 5.68. The van der Waals surface area contributed by atoms with E-state index in [1.807, 2.05) is 7.05 Å². The van der Waals surface area contributed by atoms with Crippen molar-refractivity contribution in [2.45, 2.75) is 19.9 Å². The van der Waals surface area contributed by atoms with Crippen molar-refractivity contribution < 1.29 is 0 Å². The average Bonchev–Trinajstić information content (AvgIpc) is 1.86. The van der Waals surface area contributed by atoms with Gasteiger partial charge in [0.25, 0.3) is 0 Å². The molecule has 0 radical (unpaired) electrons. The molecular formula is C7H15N3. The zero-order chi connectivity index (χ0) is 7.98. The lowest BCUT2D eigenvalue weighted by molar-refractivity contribution is 0.633. The minimum absolute atomic E-state index is 0.402. The molecule has 10 heavy (non-hydrogen) atoms. The fourth-order valence-corrected chi connectivity index (χ4v) is 0.598. The maximum absolute atomic E-state index is 6.80. The predicted octanol–water partition coefficient (Wildman–Crippen LogP) is 0.695. The molecule has 0 aromatic carbocycles. The molecule has 0 saturated heterocycles. The molecule has 0 aromatic rings. The predicted molar refractivity (Wildman–Crippen MR) is 44.2 cm³/mol. The SMILES string of the molecule is CN/C(=C/C=N)NC(C)C. The summed E-state index contributed by atoms with van der Waals surface area (Å²) in [5.74, 6) is 0.880. The van der Waals surface area contributed by atoms with Crippen LogP contribution < -0.4 is 10.6 Å². The maximum atomic E-state index is 6.80. The van der Waals surface area contributed by atoms with Gasteiger partial charge in [0.05, 0.1) is 0 Å². The molecule has 0 aliphatic rings. The molecule has 0 spiro atoms. The standard InChI is InChI=1S/C7H15N3/c1-6(2)10-7(9-3)4-5-8/h4-6,8-10H,1-3H3/b7-4-,8-5?. The summed E-state index contributed by atoms with van der Waals surface area (Å²) < 4.78 is 0. The molecule has 0 aromatic heterocycles. The first-order valence-electron chi connectivity index (χ1n) is 3.35. The first-order valence-corrected chi connectivity index (χ1v) is 3.35. The quantitative estimate of drug-likeness (QED) is 0.505. The molecule has 0 fully saturated rings. The second-order valence-corrected chi connectivity index (χ2v) is 2.30. The number of hydrogen-bond acceptors (Lipinski definition) is 3. The van der Waals surface area contributed by atoms with E-state index in [0.717, 1.165) is 5.82 Å². The molecule has 0 unspecified atom stereocenters. The van der Waals surface area contributed by atoms with Gasteiger partial charge >= 0.3 is 0 Å². The monoisotopic (exact) mass is 141 g/mol. The lowest BCUT2D eigenvalue weighted by Crippen LogP contribution is -2.29. The van der Waals surface area contributed by atoms with Crippen molar-refractivity contribution in [2.75, 3.05) is 7.05 Å². The Morgan fingerprint density at radius 2 is 2.10 bits per heavy atom. The van der Waals surface area contributed by atoms with Gasteiger partial charge in [0, 0.05) is 19.3 Å². The maximum Gasteiger partial charge on any atom is 0.100 e. The van der Waals surface area contributed by atoms with Gasteiger partial charge in [0.1, 0.15) is 5.82 Å². The molecule has 3 N–H and O–H groups in total. The Kier molecular flexibility index (Phi) is 4.37. The van der Waals surface area contributed by atoms with Gasteiger partial charge in [0.2, 0.25) is 0 Å². The molecule has 0 aliphatic heterocycles. The van der Waals surface area contributed by atoms with Crippen LogP contribution in [-0.2, 0) is 0 Å². The lowest BCUT2D eigenvalue weighted by atomic mass is 10.4. The van der Waals surface area contributed by atoms with Gasteiger partial charge in [-0.3, -0.25) is 0 Å². The normalized spacial score (nSPS) is 11.4. The second-order valence-electron chi connectivity index (χ2n) is 2.30. The van der Waals surface area contributed by atoms with Crippen LogP contribution >= 0.6 is 0 Å². The largest absolute Gasteiger partial charge is 0.375 e. The van der Waals surface area contributed by atoms with Gasteiger partial charge in [-0.2, -0.15) is 0 Å². The topological polar surface area (TPSA) is 47.9 Å². The van der Waals surface area contributed by atoms with Crippen molar-refractivity contribution in [3.05, 3.63) is 11.9 Å². The Morgan fingerprint density at radius 1 is 1.50 bits per heavy atom. The molecule has 0 heterocycles. The summed E-state index contributed by atoms with van der Waals surface area (Å²) in [6.07, 6.45) is 2.93. The second kappa shape index (κ2) is 4.85. The van der Waals surface area contributed by atoms with Gasteiger partial charge in [-0.15, -0.1) is 0 Å². The highest BCUT2D eigenvalue weighted by Crippen LogP contribution is 1.83. The van der Waals surface area contributed by atoms with Crippen LogP contribution in [0.2, 0.25) is 0 Å². The molecular weight excluding hydrogens is 126 g/mol. The van der Waals surface area contributed by atoms with E-state index in [1.54, 1.807) is 6.08 Å². The molecule has 3 heteroatoms. The van der Waals surface area contributed by atoms with Gasteiger partial charge < -0.3 is 16.0 Å². The van der Waals surface area contributed by atoms with E-state index in [-0.39, 0.29) is 0 Å². The van der Waals surface area contributed by atoms with Crippen molar-refractivity contribution in [1.29, 1.82) is 5.41 Å². The van der Waals surface area contributed by atoms with Crippen molar-refractivity contribution in [3.8, 4) is 0 Å². The third-order valence-corrected chi connectivity index (χ3v) is 0.964. The third-order valence-electron chi connectivity index (χ3n) is 0.964. The number of hydrogen-bond donors (Lipinski definition) is 3. The molecule has 0 saturated carbocycles. The third kappa shape index (κ3) is 3.95. The molecule has 58 valence electrons. The van der Waals surface area contributed by atoms with E-state index in [1.165, 1.54) is 6.21 Å². The van der Waals surface area contributed by atoms with Gasteiger partial charge in [-0.25, -0.2) is 0 Å². The van der Waals surface area contributed by atoms with E-state index < -0.39 is 0 Å². The minimum atomic E-state index is 0.402. The van der Waals surface area contributed by atoms with Crippen molar-refractivity contribution in [2.24, 2.45) is 0 Å². The minimum Gasteiger partial charge on any atom is -0.375 e. The zero-order valence-corrected chi connectivity index (χ0v) is 6.73. The van der Waals surface area contributed by atoms with Gasteiger partial charge in [-0.05, 0) is 19.9 Å². The first kappa shape index (κ1) is 9.01. The van der Waals surface area contributed by atoms with Crippen LogP contribution in [0.1, 0.15) is 13.8 Å². The fraction of sp³-hybridized carbons (Fsp3) is 0.571. The summed E-state index contributed by atoms with van der Waals surface area (Å²) in [7, 11) is 1.82. The lowest BCUT2D eigenvalue weighted by Gasteiger charge is -2.12. The fourth-order valence-electron chi connectivity index (χ4n) is 0.598. The van der Waals surface area contributed by atoms with Crippen molar-refractivity contribution in [3.63, 3.8) is 0 Å². The van der Waals surface area contributed by atoms with E-state index in [2.05, 4.69) is 24.5 Å². The summed E-state index contributed by atoms with van der Waals surface area (Å²) >= 11 is 0. The Labute approximate surface area is 62.0 Å². The van der Waals surface area contributed by atoms with Crippen LogP contribution in [0.25, 0.3) is 0 Å². The Hall–Kier alpha value is -0.990. The molecule has 0 rings (SSSR count). The number of nitrogens with one attached hydrogen (secondary N) is 3. The van der Waals surface area contributed by atoms with Crippen LogP contribution in [0.15, 0.2) is 11.9 Å². The summed E-state index contributed by atoms with van der Waals surface area (Å²) in [4.78, 5) is 0. The van der Waals surface area contributed by atoms with Crippen LogP contribution in [-0.4, -0.2) is 19.3 Å². The molecule has 3 nitrogen and oxygen atoms in total. The summed E-state index contributed by atoms with van der Waals surface area (Å²) in [5.41, 5.74) is 0. The molecule has 0 atom stereocenters. The molecule has 0 bridgehead atoms. The molecule has 0 amide bonds. The van der Waals surface area contributed by atoms with E-state index in [0.29, 0.717) is 6.04 Å². The Morgan fingerprint density at radius 3 is 2.40 bits per heavy atom. The van der Waals surface area contributed by atoms with E-state index >= 15 is 0 Å². The van der Waals surface area contributed by atoms with Crippen LogP contribution in [0.3, 0.4) is 0 Å². The number of allylic oxidation sites excluding steroid dienone is 1. The summed E-state index contributed by atoms with van der Waals surface area (Å²) in [6, 6.07) is 0.402. The van der Waals surface area contributed by atoms with Crippen LogP contribution in [0.5, 0.6) is 0 Å². The molecule has 0 aliphatic carbocycles. The van der Waals surface area contributed by atoms with Gasteiger partial charge in [-0.1, -0.05) is 0 Å². The average molecular weight is 141 g/mol. The smallest absolute Gasteiger partial charge is 0.100 e. The highest BCUT2D eigenvalue weighted by atomic mass is 15.1. The zero-order valence-electron chi connectivity index (χ0n) is 6.73. The van der Waals surface area contributed by atoms with E-state index in [9.17, 15) is 0 Å². The van der Waals surface area contributed by atoms with E-state index in [4.69, 9.17) is 5.41 Å². The Balaban J connectivity index is 3.82. The number of rotatable bonds is 4. The summed E-state index contributed by atoms with van der Waals surface area (Å²) in [5, 5.41) is 12.9.